The van der Waals surface area contributed by atoms with Crippen LogP contribution in [0.15, 0.2) is 48.7 Å². The van der Waals surface area contributed by atoms with E-state index in [0.29, 0.717) is 23.1 Å². The van der Waals surface area contributed by atoms with Crippen LogP contribution in [0.3, 0.4) is 0 Å². The highest BCUT2D eigenvalue weighted by Crippen LogP contribution is 2.23. The molecule has 0 aliphatic rings. The number of nitrogens with zero attached hydrogens (tertiary/aromatic N) is 2. The van der Waals surface area contributed by atoms with Gasteiger partial charge in [-0.1, -0.05) is 23.7 Å². The van der Waals surface area contributed by atoms with E-state index >= 15 is 0 Å². The molecule has 2 aromatic heterocycles. The van der Waals surface area contributed by atoms with Crippen molar-refractivity contribution in [1.82, 2.24) is 15.1 Å². The molecule has 152 valence electrons. The summed E-state index contributed by atoms with van der Waals surface area (Å²) in [5.41, 5.74) is 6.20. The minimum absolute atomic E-state index is 0.0488. The zero-order valence-electron chi connectivity index (χ0n) is 15.3. The fraction of sp³-hybridized carbons (Fsp3) is 0.211. The van der Waals surface area contributed by atoms with E-state index in [0.717, 1.165) is 10.4 Å². The molecule has 0 saturated carbocycles. The van der Waals surface area contributed by atoms with Crippen LogP contribution >= 0.6 is 22.9 Å². The first kappa shape index (κ1) is 20.8. The highest BCUT2D eigenvalue weighted by Gasteiger charge is 2.18. The molecule has 2 heterocycles. The van der Waals surface area contributed by atoms with Crippen molar-refractivity contribution >= 4 is 40.7 Å². The second-order valence-electron chi connectivity index (χ2n) is 6.34. The molecule has 1 aromatic carbocycles. The Morgan fingerprint density at radius 1 is 1.21 bits per heavy atom. The summed E-state index contributed by atoms with van der Waals surface area (Å²) in [5.74, 6) is -1.02. The number of nitrogens with one attached hydrogen (secondary N) is 2. The van der Waals surface area contributed by atoms with Crippen LogP contribution in [-0.2, 0) is 17.8 Å². The number of urea groups is 1. The number of carbonyl (C=O) groups is 2. The standard InChI is InChI=1S/C19H19ClFN5O2S/c20-16-6-5-15(29-16)11-26-17(7-8-24-26)25-19(28)23-10-13(18(22)27)9-12-1-3-14(21)4-2-12/h1-8,13H,9-11H2,(H2,22,27)(H2,23,25,28). The third kappa shape index (κ3) is 6.03. The van der Waals surface area contributed by atoms with Gasteiger partial charge in [-0.3, -0.25) is 10.1 Å². The number of hydrogen-bond donors (Lipinski definition) is 3. The Hall–Kier alpha value is -2.91. The number of carbonyl (C=O) groups excluding carboxylic acids is 2. The van der Waals surface area contributed by atoms with E-state index in [1.165, 1.54) is 23.5 Å². The summed E-state index contributed by atoms with van der Waals surface area (Å²) in [6.07, 6.45) is 1.87. The number of amides is 3. The lowest BCUT2D eigenvalue weighted by Gasteiger charge is -2.15. The molecule has 7 nitrogen and oxygen atoms in total. The molecule has 0 spiro atoms. The van der Waals surface area contributed by atoms with Gasteiger partial charge in [-0.15, -0.1) is 11.3 Å². The van der Waals surface area contributed by atoms with Crippen LogP contribution < -0.4 is 16.4 Å². The number of benzene rings is 1. The first-order valence-corrected chi connectivity index (χ1v) is 9.95. The molecule has 3 aromatic rings. The summed E-state index contributed by atoms with van der Waals surface area (Å²) in [4.78, 5) is 25.0. The van der Waals surface area contributed by atoms with Crippen LogP contribution in [0.1, 0.15) is 10.4 Å². The zero-order valence-corrected chi connectivity index (χ0v) is 16.8. The van der Waals surface area contributed by atoms with Gasteiger partial charge < -0.3 is 11.1 Å². The molecule has 4 N–H and O–H groups in total. The maximum absolute atomic E-state index is 13.0. The third-order valence-corrected chi connectivity index (χ3v) is 5.42. The van der Waals surface area contributed by atoms with E-state index in [2.05, 4.69) is 15.7 Å². The number of primary amides is 1. The highest BCUT2D eigenvalue weighted by molar-refractivity contribution is 7.16. The van der Waals surface area contributed by atoms with Crippen LogP contribution in [0.5, 0.6) is 0 Å². The Bertz CT molecular complexity index is 989. The minimum Gasteiger partial charge on any atom is -0.369 e. The summed E-state index contributed by atoms with van der Waals surface area (Å²) in [7, 11) is 0. The number of rotatable bonds is 8. The maximum Gasteiger partial charge on any atom is 0.320 e. The van der Waals surface area contributed by atoms with Gasteiger partial charge in [0.1, 0.15) is 11.6 Å². The SMILES string of the molecule is NC(=O)C(CNC(=O)Nc1ccnn1Cc1ccc(Cl)s1)Cc1ccc(F)cc1. The lowest BCUT2D eigenvalue weighted by molar-refractivity contribution is -0.121. The number of anilines is 1. The van der Waals surface area contributed by atoms with Crippen molar-refractivity contribution in [3.63, 3.8) is 0 Å². The molecule has 0 fully saturated rings. The average Bonchev–Trinajstić information content (AvgIpc) is 3.29. The molecule has 3 amide bonds. The van der Waals surface area contributed by atoms with Gasteiger partial charge in [0.05, 0.1) is 23.0 Å². The Labute approximate surface area is 175 Å². The topological polar surface area (TPSA) is 102 Å². The Balaban J connectivity index is 1.55. The smallest absolute Gasteiger partial charge is 0.320 e. The molecule has 0 aliphatic carbocycles. The van der Waals surface area contributed by atoms with E-state index < -0.39 is 17.9 Å². The molecule has 3 rings (SSSR count). The van der Waals surface area contributed by atoms with Crippen LogP contribution in [0.25, 0.3) is 0 Å². The molecule has 0 bridgehead atoms. The van der Waals surface area contributed by atoms with Gasteiger partial charge in [0.15, 0.2) is 0 Å². The molecule has 1 unspecified atom stereocenters. The van der Waals surface area contributed by atoms with Crippen molar-refractivity contribution < 1.29 is 14.0 Å². The minimum atomic E-state index is -0.621. The first-order valence-electron chi connectivity index (χ1n) is 8.75. The van der Waals surface area contributed by atoms with Gasteiger partial charge in [0.2, 0.25) is 5.91 Å². The molecule has 0 saturated heterocycles. The number of thiophene rings is 1. The van der Waals surface area contributed by atoms with Crippen molar-refractivity contribution in [1.29, 1.82) is 0 Å². The molecule has 10 heteroatoms. The summed E-state index contributed by atoms with van der Waals surface area (Å²) in [5, 5.41) is 9.54. The van der Waals surface area contributed by atoms with Crippen molar-refractivity contribution in [2.45, 2.75) is 13.0 Å². The second-order valence-corrected chi connectivity index (χ2v) is 8.14. The van der Waals surface area contributed by atoms with Crippen molar-refractivity contribution in [2.75, 3.05) is 11.9 Å². The van der Waals surface area contributed by atoms with Gasteiger partial charge in [-0.05, 0) is 36.2 Å². The molecule has 1 atom stereocenters. The van der Waals surface area contributed by atoms with Gasteiger partial charge >= 0.3 is 6.03 Å². The monoisotopic (exact) mass is 435 g/mol. The Morgan fingerprint density at radius 2 is 1.97 bits per heavy atom. The zero-order chi connectivity index (χ0) is 20.8. The maximum atomic E-state index is 13.0. The van der Waals surface area contributed by atoms with Gasteiger partial charge in [-0.2, -0.15) is 5.10 Å². The van der Waals surface area contributed by atoms with Gasteiger partial charge in [0, 0.05) is 17.5 Å². The summed E-state index contributed by atoms with van der Waals surface area (Å²) < 4.78 is 15.3. The van der Waals surface area contributed by atoms with Crippen molar-refractivity contribution in [2.24, 2.45) is 11.7 Å². The Kier molecular flexibility index (Phi) is 6.84. The van der Waals surface area contributed by atoms with Crippen LogP contribution in [0, 0.1) is 11.7 Å². The third-order valence-electron chi connectivity index (χ3n) is 4.20. The molecular weight excluding hydrogens is 417 g/mol. The van der Waals surface area contributed by atoms with E-state index in [1.54, 1.807) is 35.1 Å². The molecule has 29 heavy (non-hydrogen) atoms. The van der Waals surface area contributed by atoms with Crippen molar-refractivity contribution in [3.05, 3.63) is 69.3 Å². The fourth-order valence-electron chi connectivity index (χ4n) is 2.70. The predicted octanol–water partition coefficient (Wildman–Crippen LogP) is 3.25. The van der Waals surface area contributed by atoms with E-state index in [1.807, 2.05) is 6.07 Å². The quantitative estimate of drug-likeness (QED) is 0.506. The number of halogens is 2. The fourth-order valence-corrected chi connectivity index (χ4v) is 3.77. The summed E-state index contributed by atoms with van der Waals surface area (Å²) in [6.45, 7) is 0.516. The largest absolute Gasteiger partial charge is 0.369 e. The highest BCUT2D eigenvalue weighted by atomic mass is 35.5. The Morgan fingerprint density at radius 3 is 2.62 bits per heavy atom. The normalized spacial score (nSPS) is 11.8. The molecule has 0 aliphatic heterocycles. The van der Waals surface area contributed by atoms with Crippen LogP contribution in [-0.4, -0.2) is 28.3 Å². The molecular formula is C19H19ClFN5O2S. The molecule has 0 radical (unpaired) electrons. The predicted molar refractivity (Wildman–Crippen MR) is 110 cm³/mol. The van der Waals surface area contributed by atoms with Crippen LogP contribution in [0.4, 0.5) is 15.0 Å². The first-order chi connectivity index (χ1) is 13.9. The number of aromatic nitrogens is 2. The summed E-state index contributed by atoms with van der Waals surface area (Å²) >= 11 is 7.37. The summed E-state index contributed by atoms with van der Waals surface area (Å²) in [6, 6.07) is 10.7. The second kappa shape index (κ2) is 9.53. The van der Waals surface area contributed by atoms with Gasteiger partial charge in [-0.25, -0.2) is 13.9 Å². The van der Waals surface area contributed by atoms with E-state index in [4.69, 9.17) is 17.3 Å². The average molecular weight is 436 g/mol. The number of nitrogens with two attached hydrogens (primary N) is 1. The lowest BCUT2D eigenvalue weighted by Crippen LogP contribution is -2.39. The van der Waals surface area contributed by atoms with Crippen molar-refractivity contribution in [3.8, 4) is 0 Å². The number of hydrogen-bond acceptors (Lipinski definition) is 4. The van der Waals surface area contributed by atoms with Gasteiger partial charge in [0.25, 0.3) is 0 Å². The van der Waals surface area contributed by atoms with Crippen LogP contribution in [0.2, 0.25) is 4.34 Å². The van der Waals surface area contributed by atoms with E-state index in [-0.39, 0.29) is 12.4 Å². The lowest BCUT2D eigenvalue weighted by atomic mass is 9.98. The van der Waals surface area contributed by atoms with E-state index in [9.17, 15) is 14.0 Å².